The maximum atomic E-state index is 9.64. The van der Waals surface area contributed by atoms with Crippen molar-refractivity contribution in [1.82, 2.24) is 5.32 Å². The third-order valence-electron chi connectivity index (χ3n) is 2.89. The molecule has 82 valence electrons. The molecule has 0 radical (unpaired) electrons. The van der Waals surface area contributed by atoms with E-state index in [4.69, 9.17) is 0 Å². The summed E-state index contributed by atoms with van der Waals surface area (Å²) in [6.07, 6.45) is 1.05. The smallest absolute Gasteiger partial charge is 0.138 e. The van der Waals surface area contributed by atoms with Crippen LogP contribution in [0.2, 0.25) is 0 Å². The topological polar surface area (TPSA) is 44.3 Å². The van der Waals surface area contributed by atoms with E-state index in [0.717, 1.165) is 31.7 Å². The number of hydrogen-bond acceptors (Lipinski definition) is 3. The normalized spacial score (nSPS) is 19.4. The van der Waals surface area contributed by atoms with Gasteiger partial charge in [-0.1, -0.05) is 19.1 Å². The molecule has 0 saturated carbocycles. The monoisotopic (exact) mass is 206 g/mol. The number of benzene rings is 1. The van der Waals surface area contributed by atoms with Crippen LogP contribution in [0.3, 0.4) is 0 Å². The van der Waals surface area contributed by atoms with E-state index in [1.165, 1.54) is 5.56 Å². The largest absolute Gasteiger partial charge is 0.506 e. The Kier molecular flexibility index (Phi) is 3.11. The number of rotatable bonds is 3. The van der Waals surface area contributed by atoms with E-state index in [9.17, 15) is 5.11 Å². The van der Waals surface area contributed by atoms with Gasteiger partial charge in [0.25, 0.3) is 0 Å². The van der Waals surface area contributed by atoms with Crippen molar-refractivity contribution in [2.45, 2.75) is 13.3 Å². The van der Waals surface area contributed by atoms with Crippen molar-refractivity contribution in [3.8, 4) is 5.75 Å². The van der Waals surface area contributed by atoms with Crippen LogP contribution in [-0.2, 0) is 6.42 Å². The summed E-state index contributed by atoms with van der Waals surface area (Å²) in [6.45, 7) is 5.12. The number of anilines is 1. The first-order valence-corrected chi connectivity index (χ1v) is 5.56. The summed E-state index contributed by atoms with van der Waals surface area (Å²) < 4.78 is 0. The molecule has 3 nitrogen and oxygen atoms in total. The van der Waals surface area contributed by atoms with E-state index in [0.29, 0.717) is 11.7 Å². The Morgan fingerprint density at radius 3 is 3.20 bits per heavy atom. The molecule has 15 heavy (non-hydrogen) atoms. The third-order valence-corrected chi connectivity index (χ3v) is 2.89. The molecule has 2 rings (SSSR count). The Morgan fingerprint density at radius 1 is 1.53 bits per heavy atom. The van der Waals surface area contributed by atoms with Crippen LogP contribution in [0.25, 0.3) is 0 Å². The van der Waals surface area contributed by atoms with Gasteiger partial charge in [0.05, 0.1) is 5.69 Å². The van der Waals surface area contributed by atoms with Crippen LogP contribution in [0.4, 0.5) is 5.69 Å². The second-order valence-electron chi connectivity index (χ2n) is 4.07. The summed E-state index contributed by atoms with van der Waals surface area (Å²) in [5, 5.41) is 16.3. The molecule has 1 heterocycles. The lowest BCUT2D eigenvalue weighted by atomic mass is 9.93. The molecule has 0 amide bonds. The van der Waals surface area contributed by atoms with E-state index in [1.807, 2.05) is 6.07 Å². The lowest BCUT2D eigenvalue weighted by Gasteiger charge is -2.26. The highest BCUT2D eigenvalue weighted by Crippen LogP contribution is 2.32. The van der Waals surface area contributed by atoms with Gasteiger partial charge in [-0.25, -0.2) is 0 Å². The number of fused-ring (bicyclic) bond motifs is 1. The Bertz CT molecular complexity index is 338. The molecule has 1 aliphatic rings. The summed E-state index contributed by atoms with van der Waals surface area (Å²) in [6, 6.07) is 5.72. The SMILES string of the molecule is CCNCC1CNc2c(O)cccc2C1. The highest BCUT2D eigenvalue weighted by atomic mass is 16.3. The molecule has 0 aliphatic carbocycles. The van der Waals surface area contributed by atoms with Crippen molar-refractivity contribution in [3.05, 3.63) is 23.8 Å². The molecule has 3 heteroatoms. The molecule has 1 unspecified atom stereocenters. The number of phenolic OH excluding ortho intramolecular Hbond substituents is 1. The first-order chi connectivity index (χ1) is 7.31. The van der Waals surface area contributed by atoms with Crippen molar-refractivity contribution in [1.29, 1.82) is 0 Å². The average Bonchev–Trinajstić information content (AvgIpc) is 2.26. The van der Waals surface area contributed by atoms with Crippen LogP contribution in [0, 0.1) is 5.92 Å². The van der Waals surface area contributed by atoms with E-state index in [1.54, 1.807) is 6.07 Å². The number of hydrogen-bond donors (Lipinski definition) is 3. The molecular weight excluding hydrogens is 188 g/mol. The molecule has 1 atom stereocenters. The van der Waals surface area contributed by atoms with Crippen molar-refractivity contribution in [2.75, 3.05) is 25.0 Å². The fraction of sp³-hybridized carbons (Fsp3) is 0.500. The fourth-order valence-electron chi connectivity index (χ4n) is 2.08. The third kappa shape index (κ3) is 2.23. The minimum atomic E-state index is 0.370. The van der Waals surface area contributed by atoms with Gasteiger partial charge in [0.15, 0.2) is 0 Å². The summed E-state index contributed by atoms with van der Waals surface area (Å²) in [7, 11) is 0. The van der Waals surface area contributed by atoms with Gasteiger partial charge in [0.1, 0.15) is 5.75 Å². The molecule has 1 aromatic carbocycles. The van der Waals surface area contributed by atoms with Crippen molar-refractivity contribution in [2.24, 2.45) is 5.92 Å². The summed E-state index contributed by atoms with van der Waals surface area (Å²) >= 11 is 0. The van der Waals surface area contributed by atoms with Gasteiger partial charge >= 0.3 is 0 Å². The van der Waals surface area contributed by atoms with Crippen molar-refractivity contribution in [3.63, 3.8) is 0 Å². The van der Waals surface area contributed by atoms with Gasteiger partial charge in [-0.05, 0) is 37.1 Å². The van der Waals surface area contributed by atoms with Crippen LogP contribution in [0.5, 0.6) is 5.75 Å². The fourth-order valence-corrected chi connectivity index (χ4v) is 2.08. The Hall–Kier alpha value is -1.22. The highest BCUT2D eigenvalue weighted by Gasteiger charge is 2.19. The minimum Gasteiger partial charge on any atom is -0.506 e. The maximum absolute atomic E-state index is 9.64. The molecule has 1 aromatic rings. The molecule has 1 aliphatic heterocycles. The van der Waals surface area contributed by atoms with Crippen LogP contribution >= 0.6 is 0 Å². The second-order valence-corrected chi connectivity index (χ2v) is 4.07. The first kappa shape index (κ1) is 10.3. The van der Waals surface area contributed by atoms with Gasteiger partial charge in [-0.3, -0.25) is 0 Å². The molecule has 0 spiro atoms. The van der Waals surface area contributed by atoms with Crippen molar-refractivity contribution < 1.29 is 5.11 Å². The average molecular weight is 206 g/mol. The zero-order valence-corrected chi connectivity index (χ0v) is 9.09. The van der Waals surface area contributed by atoms with Gasteiger partial charge < -0.3 is 15.7 Å². The van der Waals surface area contributed by atoms with Gasteiger partial charge in [-0.2, -0.15) is 0 Å². The van der Waals surface area contributed by atoms with Crippen LogP contribution < -0.4 is 10.6 Å². The number of aromatic hydroxyl groups is 1. The molecule has 0 bridgehead atoms. The summed E-state index contributed by atoms with van der Waals surface area (Å²) in [5.41, 5.74) is 2.15. The molecular formula is C12H18N2O. The zero-order chi connectivity index (χ0) is 10.7. The molecule has 0 aromatic heterocycles. The Labute approximate surface area is 90.5 Å². The number of para-hydroxylation sites is 1. The second kappa shape index (κ2) is 4.53. The maximum Gasteiger partial charge on any atom is 0.138 e. The minimum absolute atomic E-state index is 0.370. The predicted molar refractivity (Wildman–Crippen MR) is 62.3 cm³/mol. The quantitative estimate of drug-likeness (QED) is 0.658. The van der Waals surface area contributed by atoms with E-state index >= 15 is 0 Å². The summed E-state index contributed by atoms with van der Waals surface area (Å²) in [5.74, 6) is 0.994. The molecule has 0 fully saturated rings. The van der Waals surface area contributed by atoms with Crippen LogP contribution in [0.1, 0.15) is 12.5 Å². The van der Waals surface area contributed by atoms with Crippen molar-refractivity contribution >= 4 is 5.69 Å². The Morgan fingerprint density at radius 2 is 2.40 bits per heavy atom. The molecule has 3 N–H and O–H groups in total. The Balaban J connectivity index is 2.07. The standard InChI is InChI=1S/C12H18N2O/c1-2-13-7-9-6-10-4-3-5-11(15)12(10)14-8-9/h3-5,9,13-15H,2,6-8H2,1H3. The van der Waals surface area contributed by atoms with E-state index in [-0.39, 0.29) is 0 Å². The van der Waals surface area contributed by atoms with Crippen LogP contribution in [-0.4, -0.2) is 24.7 Å². The van der Waals surface area contributed by atoms with Gasteiger partial charge in [0, 0.05) is 6.54 Å². The van der Waals surface area contributed by atoms with E-state index < -0.39 is 0 Å². The lowest BCUT2D eigenvalue weighted by Crippen LogP contribution is -2.32. The zero-order valence-electron chi connectivity index (χ0n) is 9.09. The van der Waals surface area contributed by atoms with E-state index in [2.05, 4.69) is 23.6 Å². The number of nitrogens with one attached hydrogen (secondary N) is 2. The highest BCUT2D eigenvalue weighted by molar-refractivity contribution is 5.62. The van der Waals surface area contributed by atoms with Crippen LogP contribution in [0.15, 0.2) is 18.2 Å². The lowest BCUT2D eigenvalue weighted by molar-refractivity contribution is 0.462. The van der Waals surface area contributed by atoms with Gasteiger partial charge in [-0.15, -0.1) is 0 Å². The first-order valence-electron chi connectivity index (χ1n) is 5.56. The summed E-state index contributed by atoms with van der Waals surface area (Å²) in [4.78, 5) is 0. The molecule has 0 saturated heterocycles. The predicted octanol–water partition coefficient (Wildman–Crippen LogP) is 1.59. The van der Waals surface area contributed by atoms with Gasteiger partial charge in [0.2, 0.25) is 0 Å². The number of phenols is 1.